The molecule has 65 heavy (non-hydrogen) atoms. The fourth-order valence-electron chi connectivity index (χ4n) is 8.17. The average molecular weight is 1170 g/mol. The molecule has 2 aromatic carbocycles. The van der Waals surface area contributed by atoms with Gasteiger partial charge >= 0.3 is 5.97 Å². The molecular weight excluding hydrogens is 1100 g/mol. The normalized spacial score (nSPS) is 17.9. The maximum Gasteiger partial charge on any atom is 0.305 e. The van der Waals surface area contributed by atoms with Gasteiger partial charge in [-0.2, -0.15) is 13.0 Å². The summed E-state index contributed by atoms with van der Waals surface area (Å²) in [6.07, 6.45) is 17.1. The Hall–Kier alpha value is -3.03. The zero-order valence-electron chi connectivity index (χ0n) is 37.4. The minimum absolute atomic E-state index is 0.0549. The van der Waals surface area contributed by atoms with Gasteiger partial charge in [-0.15, -0.1) is 0 Å². The smallest absolute Gasteiger partial charge is 0.305 e. The quantitative estimate of drug-likeness (QED) is 0.0250. The number of amides is 1. The number of carboxylic acids is 1. The van der Waals surface area contributed by atoms with Crippen LogP contribution in [0.3, 0.4) is 0 Å². The number of carboxylic acid groups (broad SMARTS) is 1. The van der Waals surface area contributed by atoms with Gasteiger partial charge in [-0.1, -0.05) is 43.2 Å². The highest BCUT2D eigenvalue weighted by Gasteiger charge is 2.45. The number of allylic oxidation sites excluding steroid dienone is 8. The molecule has 0 bridgehead atoms. The maximum atomic E-state index is 12.5. The van der Waals surface area contributed by atoms with Crippen molar-refractivity contribution < 1.29 is 59.4 Å². The van der Waals surface area contributed by atoms with Crippen molar-refractivity contribution in [1.82, 2.24) is 5.32 Å². The molecule has 3 N–H and O–H groups in total. The van der Waals surface area contributed by atoms with E-state index in [-0.39, 0.29) is 35.7 Å². The third kappa shape index (κ3) is 16.3. The van der Waals surface area contributed by atoms with Crippen molar-refractivity contribution in [3.05, 3.63) is 96.8 Å². The van der Waals surface area contributed by atoms with Gasteiger partial charge in [0.25, 0.3) is 10.1 Å². The van der Waals surface area contributed by atoms with E-state index < -0.39 is 37.4 Å². The second kappa shape index (κ2) is 25.4. The lowest BCUT2D eigenvalue weighted by Gasteiger charge is -2.30. The van der Waals surface area contributed by atoms with Crippen LogP contribution in [0.5, 0.6) is 0 Å². The minimum atomic E-state index is -4.78. The molecule has 1 unspecified atom stereocenters. The number of ether oxygens (including phenoxy) is 3. The van der Waals surface area contributed by atoms with E-state index in [1.54, 1.807) is 6.07 Å². The Bertz CT molecular complexity index is 2380. The largest absolute Gasteiger partial charge is 0.744 e. The van der Waals surface area contributed by atoms with Gasteiger partial charge in [0.2, 0.25) is 11.6 Å². The summed E-state index contributed by atoms with van der Waals surface area (Å²) in [5.74, 6) is -1.42. The highest BCUT2D eigenvalue weighted by Crippen LogP contribution is 2.51. The van der Waals surface area contributed by atoms with E-state index >= 15 is 0 Å². The first-order chi connectivity index (χ1) is 30.7. The fraction of sp³-hybridized carbons (Fsp3) is 0.500. The Labute approximate surface area is 411 Å². The third-order valence-corrected chi connectivity index (χ3v) is 14.5. The van der Waals surface area contributed by atoms with Crippen LogP contribution in [-0.2, 0) is 54.9 Å². The van der Waals surface area contributed by atoms with Gasteiger partial charge in [0.05, 0.1) is 67.7 Å². The zero-order valence-corrected chi connectivity index (χ0v) is 43.3. The highest BCUT2D eigenvalue weighted by atomic mass is 127. The number of halogens is 2. The molecule has 0 saturated carbocycles. The van der Waals surface area contributed by atoms with E-state index in [1.165, 1.54) is 36.2 Å². The number of anilines is 1. The van der Waals surface area contributed by atoms with Crippen molar-refractivity contribution in [3.63, 3.8) is 0 Å². The first kappa shape index (κ1) is 54.6. The number of rotatable bonds is 28. The predicted molar refractivity (Wildman–Crippen MR) is 267 cm³/mol. The molecule has 4 rings (SSSR count). The standard InChI is InChI=1S/C46H61I2N3O12S2/c1-45(2)40(50(4)39-32-34(47)31-37(48)44(39)45)15-9-6-5-7-10-16-41-46(3,21-12-14-30-64(55,56)57)36-33-35(65(58,59)60)18-19-38(36)51(41)23-13-8-11-17-42(52)49-22-25-62-27-29-63-28-26-61-24-20-43(53)54/h5-7,9-10,15-16,18-19,31-33H,8,11-14,17,20-30H2,1-4H3,(H3-,49,52,53,54,55,56,57,58,59,60). The molecule has 2 aliphatic rings. The molecule has 0 aliphatic carbocycles. The number of unbranched alkanes of at least 4 members (excludes halogenated alkanes) is 3. The van der Waals surface area contributed by atoms with Crippen LogP contribution in [0.2, 0.25) is 0 Å². The van der Waals surface area contributed by atoms with Gasteiger partial charge in [0.15, 0.2) is 5.71 Å². The van der Waals surface area contributed by atoms with E-state index in [0.717, 1.165) is 17.8 Å². The second-order valence-electron chi connectivity index (χ2n) is 16.5. The summed E-state index contributed by atoms with van der Waals surface area (Å²) in [5.41, 5.74) is 4.91. The molecule has 0 fully saturated rings. The first-order valence-corrected chi connectivity index (χ1v) is 26.7. The number of carbonyl (C=O) groups excluding carboxylic acids is 1. The minimum Gasteiger partial charge on any atom is -0.744 e. The highest BCUT2D eigenvalue weighted by molar-refractivity contribution is 14.1. The number of nitrogens with one attached hydrogen (secondary N) is 1. The summed E-state index contributed by atoms with van der Waals surface area (Å²) in [6, 6.07) is 8.78. The summed E-state index contributed by atoms with van der Waals surface area (Å²) in [6.45, 7) is 9.06. The predicted octanol–water partition coefficient (Wildman–Crippen LogP) is 7.40. The Morgan fingerprint density at radius 3 is 2.18 bits per heavy atom. The van der Waals surface area contributed by atoms with Gasteiger partial charge in [-0.3, -0.25) is 14.1 Å². The maximum absolute atomic E-state index is 12.5. The topological polar surface area (TPSA) is 212 Å². The fourth-order valence-corrected chi connectivity index (χ4v) is 11.7. The van der Waals surface area contributed by atoms with Gasteiger partial charge < -0.3 is 34.1 Å². The number of fused-ring (bicyclic) bond motifs is 2. The number of hydrogen-bond acceptors (Lipinski definition) is 11. The first-order valence-electron chi connectivity index (χ1n) is 21.5. The SMILES string of the molecule is C[N+]1=C(C=CC=CC=CC=C2N(CCCCCC(=O)NCCOCCOCCOCCC(=O)O)c3ccc(S(=O)(=O)[O-])cc3C2(C)CCCCS(=O)(=O)O)C(C)(C)c2c(I)cc(I)cc21. The molecule has 0 aromatic heterocycles. The Morgan fingerprint density at radius 2 is 1.51 bits per heavy atom. The number of hydrogen-bond donors (Lipinski definition) is 3. The van der Waals surface area contributed by atoms with Crippen molar-refractivity contribution in [3.8, 4) is 0 Å². The van der Waals surface area contributed by atoms with Crippen LogP contribution < -0.4 is 10.2 Å². The third-order valence-electron chi connectivity index (χ3n) is 11.4. The lowest BCUT2D eigenvalue weighted by atomic mass is 9.77. The molecular formula is C46H61I2N3O12S2. The van der Waals surface area contributed by atoms with Gasteiger partial charge in [-0.25, -0.2) is 8.42 Å². The van der Waals surface area contributed by atoms with Gasteiger partial charge in [0.1, 0.15) is 17.2 Å². The van der Waals surface area contributed by atoms with E-state index in [2.05, 4.69) is 99.1 Å². The van der Waals surface area contributed by atoms with E-state index in [4.69, 9.17) is 19.3 Å². The van der Waals surface area contributed by atoms with Crippen molar-refractivity contribution in [2.24, 2.45) is 0 Å². The molecule has 2 aromatic rings. The van der Waals surface area contributed by atoms with Crippen LogP contribution in [0, 0.1) is 7.14 Å². The van der Waals surface area contributed by atoms with Crippen LogP contribution >= 0.6 is 45.2 Å². The lowest BCUT2D eigenvalue weighted by Crippen LogP contribution is -2.29. The molecule has 0 spiro atoms. The van der Waals surface area contributed by atoms with Crippen LogP contribution in [0.25, 0.3) is 0 Å². The molecule has 1 amide bonds. The average Bonchev–Trinajstić information content (AvgIpc) is 3.56. The number of benzene rings is 2. The van der Waals surface area contributed by atoms with E-state index in [1.807, 2.05) is 43.4 Å². The second-order valence-corrected chi connectivity index (χ2v) is 21.9. The Kier molecular flexibility index (Phi) is 21.3. The lowest BCUT2D eigenvalue weighted by molar-refractivity contribution is -0.401. The molecule has 2 aliphatic heterocycles. The summed E-state index contributed by atoms with van der Waals surface area (Å²) in [4.78, 5) is 24.8. The van der Waals surface area contributed by atoms with Crippen molar-refractivity contribution in [2.75, 3.05) is 70.4 Å². The monoisotopic (exact) mass is 1170 g/mol. The molecule has 1 atom stereocenters. The summed E-state index contributed by atoms with van der Waals surface area (Å²) in [7, 11) is -6.87. The zero-order chi connectivity index (χ0) is 47.8. The van der Waals surface area contributed by atoms with Gasteiger partial charge in [-0.05, 0) is 128 Å². The molecule has 358 valence electrons. The van der Waals surface area contributed by atoms with E-state index in [0.29, 0.717) is 83.8 Å². The van der Waals surface area contributed by atoms with Crippen LogP contribution in [-0.4, -0.2) is 119 Å². The van der Waals surface area contributed by atoms with Gasteiger partial charge in [0, 0.05) is 55.6 Å². The number of carbonyl (C=O) groups is 2. The van der Waals surface area contributed by atoms with Crippen molar-refractivity contribution >= 4 is 94.4 Å². The molecule has 15 nitrogen and oxygen atoms in total. The summed E-state index contributed by atoms with van der Waals surface area (Å²) in [5, 5.41) is 11.5. The number of nitrogens with zero attached hydrogens (tertiary/aromatic N) is 2. The summed E-state index contributed by atoms with van der Waals surface area (Å²) >= 11 is 4.76. The Morgan fingerprint density at radius 1 is 0.846 bits per heavy atom. The van der Waals surface area contributed by atoms with Crippen molar-refractivity contribution in [1.29, 1.82) is 0 Å². The van der Waals surface area contributed by atoms with Crippen LogP contribution in [0.4, 0.5) is 11.4 Å². The molecule has 19 heteroatoms. The Balaban J connectivity index is 1.40. The molecule has 2 heterocycles. The van der Waals surface area contributed by atoms with Crippen molar-refractivity contribution in [2.45, 2.75) is 87.9 Å². The summed E-state index contributed by atoms with van der Waals surface area (Å²) < 4.78 is 89.8. The van der Waals surface area contributed by atoms with Crippen LogP contribution in [0.15, 0.2) is 83.5 Å². The molecule has 0 radical (unpaired) electrons. The van der Waals surface area contributed by atoms with Crippen LogP contribution in [0.1, 0.15) is 83.3 Å². The van der Waals surface area contributed by atoms with E-state index in [9.17, 15) is 35.5 Å². The molecule has 0 saturated heterocycles. The number of aliphatic carboxylic acids is 1.